The first kappa shape index (κ1) is 21.5. The molecular formula is C25H20ClNO5. The SMILES string of the molecule is Cc1ccc(C)c(Oc2coc3cc(OCC(=O)Nc4ccc(Cl)cc4)ccc3c2=O)c1. The van der Waals surface area contributed by atoms with Gasteiger partial charge < -0.3 is 19.2 Å². The van der Waals surface area contributed by atoms with Crippen LogP contribution < -0.4 is 20.2 Å². The summed E-state index contributed by atoms with van der Waals surface area (Å²) >= 11 is 5.84. The van der Waals surface area contributed by atoms with Gasteiger partial charge in [0.15, 0.2) is 6.61 Å². The Balaban J connectivity index is 1.47. The maximum absolute atomic E-state index is 12.8. The van der Waals surface area contributed by atoms with E-state index in [1.54, 1.807) is 42.5 Å². The van der Waals surface area contributed by atoms with Crippen molar-refractivity contribution in [1.82, 2.24) is 0 Å². The largest absolute Gasteiger partial charge is 0.484 e. The highest BCUT2D eigenvalue weighted by molar-refractivity contribution is 6.30. The number of anilines is 1. The average molecular weight is 450 g/mol. The maximum Gasteiger partial charge on any atom is 0.262 e. The minimum absolute atomic E-state index is 0.0993. The first-order chi connectivity index (χ1) is 15.4. The minimum Gasteiger partial charge on any atom is -0.484 e. The molecule has 1 heterocycles. The first-order valence-electron chi connectivity index (χ1n) is 9.88. The number of rotatable bonds is 6. The molecule has 0 bridgehead atoms. The van der Waals surface area contributed by atoms with Crippen molar-refractivity contribution >= 4 is 34.2 Å². The van der Waals surface area contributed by atoms with Gasteiger partial charge in [0.25, 0.3) is 5.91 Å². The van der Waals surface area contributed by atoms with Crippen LogP contribution in [0.15, 0.2) is 76.1 Å². The summed E-state index contributed by atoms with van der Waals surface area (Å²) in [7, 11) is 0. The fourth-order valence-corrected chi connectivity index (χ4v) is 3.19. The fourth-order valence-electron chi connectivity index (χ4n) is 3.07. The lowest BCUT2D eigenvalue weighted by atomic mass is 10.1. The Morgan fingerprint density at radius 2 is 1.78 bits per heavy atom. The van der Waals surface area contributed by atoms with Crippen molar-refractivity contribution < 1.29 is 18.7 Å². The maximum atomic E-state index is 12.8. The molecule has 0 unspecified atom stereocenters. The van der Waals surface area contributed by atoms with E-state index in [2.05, 4.69) is 5.32 Å². The number of benzene rings is 3. The summed E-state index contributed by atoms with van der Waals surface area (Å²) in [6.07, 6.45) is 1.28. The van der Waals surface area contributed by atoms with Gasteiger partial charge in [-0.05, 0) is 67.4 Å². The molecule has 0 aliphatic heterocycles. The molecule has 0 spiro atoms. The van der Waals surface area contributed by atoms with Crippen LogP contribution in [0.25, 0.3) is 11.0 Å². The van der Waals surface area contributed by atoms with Gasteiger partial charge in [-0.25, -0.2) is 0 Å². The van der Waals surface area contributed by atoms with Crippen LogP contribution in [0.3, 0.4) is 0 Å². The summed E-state index contributed by atoms with van der Waals surface area (Å²) < 4.78 is 16.9. The number of ether oxygens (including phenoxy) is 2. The Labute approximate surface area is 189 Å². The van der Waals surface area contributed by atoms with Gasteiger partial charge in [0, 0.05) is 16.8 Å². The lowest BCUT2D eigenvalue weighted by Crippen LogP contribution is -2.20. The van der Waals surface area contributed by atoms with Crippen molar-refractivity contribution in [2.45, 2.75) is 13.8 Å². The van der Waals surface area contributed by atoms with Gasteiger partial charge in [0.05, 0.1) is 5.39 Å². The third-order valence-electron chi connectivity index (χ3n) is 4.78. The van der Waals surface area contributed by atoms with Crippen molar-refractivity contribution in [3.8, 4) is 17.2 Å². The van der Waals surface area contributed by atoms with Gasteiger partial charge >= 0.3 is 0 Å². The predicted molar refractivity (Wildman–Crippen MR) is 124 cm³/mol. The van der Waals surface area contributed by atoms with Crippen LogP contribution in [-0.2, 0) is 4.79 Å². The molecule has 0 radical (unpaired) electrons. The molecule has 0 aliphatic carbocycles. The third kappa shape index (κ3) is 4.92. The van der Waals surface area contributed by atoms with Crippen LogP contribution in [0.5, 0.6) is 17.2 Å². The monoisotopic (exact) mass is 449 g/mol. The highest BCUT2D eigenvalue weighted by atomic mass is 35.5. The molecule has 3 aromatic carbocycles. The third-order valence-corrected chi connectivity index (χ3v) is 5.03. The van der Waals surface area contributed by atoms with E-state index in [-0.39, 0.29) is 23.7 Å². The van der Waals surface area contributed by atoms with Crippen LogP contribution in [0.1, 0.15) is 11.1 Å². The van der Waals surface area contributed by atoms with Crippen LogP contribution in [-0.4, -0.2) is 12.5 Å². The number of halogens is 1. The molecule has 0 saturated carbocycles. The van der Waals surface area contributed by atoms with E-state index in [9.17, 15) is 9.59 Å². The summed E-state index contributed by atoms with van der Waals surface area (Å²) in [5.74, 6) is 0.770. The molecule has 1 N–H and O–H groups in total. The second-order valence-electron chi connectivity index (χ2n) is 7.30. The number of hydrogen-bond donors (Lipinski definition) is 1. The normalized spacial score (nSPS) is 10.7. The smallest absolute Gasteiger partial charge is 0.262 e. The Hall–Kier alpha value is -3.77. The second kappa shape index (κ2) is 9.16. The molecule has 0 atom stereocenters. The van der Waals surface area contributed by atoms with Gasteiger partial charge in [0.1, 0.15) is 23.3 Å². The van der Waals surface area contributed by atoms with Crippen molar-refractivity contribution in [2.24, 2.45) is 0 Å². The van der Waals surface area contributed by atoms with E-state index in [4.69, 9.17) is 25.5 Å². The molecule has 162 valence electrons. The van der Waals surface area contributed by atoms with E-state index in [1.165, 1.54) is 6.26 Å². The lowest BCUT2D eigenvalue weighted by Gasteiger charge is -2.10. The number of hydrogen-bond acceptors (Lipinski definition) is 5. The number of nitrogens with one attached hydrogen (secondary N) is 1. The first-order valence-corrected chi connectivity index (χ1v) is 10.3. The summed E-state index contributed by atoms with van der Waals surface area (Å²) in [6, 6.07) is 17.3. The standard InChI is InChI=1S/C25H20ClNO5/c1-15-3-4-16(2)21(11-15)32-23-13-31-22-12-19(9-10-20(22)25(23)29)30-14-24(28)27-18-7-5-17(26)6-8-18/h3-13H,14H2,1-2H3,(H,27,28). The summed E-state index contributed by atoms with van der Waals surface area (Å²) in [5, 5.41) is 3.65. The number of amides is 1. The number of carbonyl (C=O) groups excluding carboxylic acids is 1. The van der Waals surface area contributed by atoms with Gasteiger partial charge in [-0.2, -0.15) is 0 Å². The number of aryl methyl sites for hydroxylation is 2. The van der Waals surface area contributed by atoms with E-state index in [1.807, 2.05) is 32.0 Å². The molecule has 6 nitrogen and oxygen atoms in total. The highest BCUT2D eigenvalue weighted by Crippen LogP contribution is 2.27. The molecular weight excluding hydrogens is 430 g/mol. The van der Waals surface area contributed by atoms with Gasteiger partial charge in [0.2, 0.25) is 11.2 Å². The predicted octanol–water partition coefficient (Wildman–Crippen LogP) is 5.87. The summed E-state index contributed by atoms with van der Waals surface area (Å²) in [4.78, 5) is 24.9. The summed E-state index contributed by atoms with van der Waals surface area (Å²) in [5.41, 5.74) is 2.59. The molecule has 4 rings (SSSR count). The number of carbonyl (C=O) groups is 1. The van der Waals surface area contributed by atoms with Crippen molar-refractivity contribution in [3.63, 3.8) is 0 Å². The quantitative estimate of drug-likeness (QED) is 0.398. The average Bonchev–Trinajstić information content (AvgIpc) is 2.78. The fraction of sp³-hybridized carbons (Fsp3) is 0.120. The van der Waals surface area contributed by atoms with Gasteiger partial charge in [-0.1, -0.05) is 23.7 Å². The van der Waals surface area contributed by atoms with Crippen LogP contribution in [0.2, 0.25) is 5.02 Å². The lowest BCUT2D eigenvalue weighted by molar-refractivity contribution is -0.118. The van der Waals surface area contributed by atoms with E-state index in [0.717, 1.165) is 11.1 Å². The van der Waals surface area contributed by atoms with Crippen molar-refractivity contribution in [2.75, 3.05) is 11.9 Å². The van der Waals surface area contributed by atoms with Crippen LogP contribution in [0.4, 0.5) is 5.69 Å². The molecule has 0 fully saturated rings. The zero-order chi connectivity index (χ0) is 22.7. The van der Waals surface area contributed by atoms with E-state index < -0.39 is 0 Å². The highest BCUT2D eigenvalue weighted by Gasteiger charge is 2.12. The molecule has 1 amide bonds. The second-order valence-corrected chi connectivity index (χ2v) is 7.74. The molecule has 32 heavy (non-hydrogen) atoms. The molecule has 0 saturated heterocycles. The zero-order valence-electron chi connectivity index (χ0n) is 17.5. The Morgan fingerprint density at radius 1 is 1.00 bits per heavy atom. The Morgan fingerprint density at radius 3 is 2.56 bits per heavy atom. The topological polar surface area (TPSA) is 77.8 Å². The Kier molecular flexibility index (Phi) is 6.14. The number of fused-ring (bicyclic) bond motifs is 1. The zero-order valence-corrected chi connectivity index (χ0v) is 18.2. The molecule has 0 aliphatic rings. The van der Waals surface area contributed by atoms with Crippen LogP contribution in [0, 0.1) is 13.8 Å². The molecule has 4 aromatic rings. The Bertz CT molecular complexity index is 1350. The molecule has 7 heteroatoms. The van der Waals surface area contributed by atoms with E-state index >= 15 is 0 Å². The minimum atomic E-state index is -0.328. The van der Waals surface area contributed by atoms with Gasteiger partial charge in [-0.3, -0.25) is 9.59 Å². The van der Waals surface area contributed by atoms with Crippen molar-refractivity contribution in [1.29, 1.82) is 0 Å². The van der Waals surface area contributed by atoms with Crippen LogP contribution >= 0.6 is 11.6 Å². The van der Waals surface area contributed by atoms with Crippen molar-refractivity contribution in [3.05, 3.63) is 93.3 Å². The van der Waals surface area contributed by atoms with E-state index in [0.29, 0.717) is 33.2 Å². The molecule has 1 aromatic heterocycles. The summed E-state index contributed by atoms with van der Waals surface area (Å²) in [6.45, 7) is 3.66. The van der Waals surface area contributed by atoms with Gasteiger partial charge in [-0.15, -0.1) is 0 Å².